The van der Waals surface area contributed by atoms with Crippen LogP contribution in [0.2, 0.25) is 0 Å². The van der Waals surface area contributed by atoms with Gasteiger partial charge < -0.3 is 10.6 Å². The third kappa shape index (κ3) is 4.64. The minimum absolute atomic E-state index is 0.0740. The van der Waals surface area contributed by atoms with Crippen molar-refractivity contribution in [2.45, 2.75) is 20.3 Å². The van der Waals surface area contributed by atoms with Gasteiger partial charge in [-0.3, -0.25) is 14.6 Å². The number of anilines is 2. The Kier molecular flexibility index (Phi) is 6.21. The van der Waals surface area contributed by atoms with Gasteiger partial charge in [-0.05, 0) is 55.0 Å². The van der Waals surface area contributed by atoms with Crippen molar-refractivity contribution >= 4 is 39.1 Å². The van der Waals surface area contributed by atoms with Gasteiger partial charge in [-0.25, -0.2) is 0 Å². The van der Waals surface area contributed by atoms with E-state index in [9.17, 15) is 9.59 Å². The number of carbonyl (C=O) groups is 2. The highest BCUT2D eigenvalue weighted by molar-refractivity contribution is 9.10. The molecule has 6 heteroatoms. The zero-order valence-corrected chi connectivity index (χ0v) is 17.2. The van der Waals surface area contributed by atoms with Crippen molar-refractivity contribution in [2.24, 2.45) is 0 Å². The van der Waals surface area contributed by atoms with Crippen LogP contribution in [-0.2, 0) is 4.79 Å². The van der Waals surface area contributed by atoms with Crippen LogP contribution in [0.15, 0.2) is 65.3 Å². The average Bonchev–Trinajstić information content (AvgIpc) is 2.71. The van der Waals surface area contributed by atoms with Crippen LogP contribution in [0, 0.1) is 6.92 Å². The monoisotopic (exact) mass is 437 g/mol. The predicted octanol–water partition coefficient (Wildman–Crippen LogP) is 5.42. The number of aromatic nitrogens is 1. The molecule has 0 saturated heterocycles. The molecule has 0 radical (unpaired) electrons. The summed E-state index contributed by atoms with van der Waals surface area (Å²) >= 11 is 3.45. The number of carbonyl (C=O) groups excluding carboxylic acids is 2. The molecular weight excluding hydrogens is 418 g/mol. The van der Waals surface area contributed by atoms with E-state index in [0.717, 1.165) is 21.3 Å². The SMILES string of the molecule is CCC(=O)Nc1cccnc1-c1ccc(C(=O)Nc2ccc(Br)c(C)c2)cc1. The number of aryl methyl sites for hydroxylation is 1. The molecule has 0 bridgehead atoms. The van der Waals surface area contributed by atoms with Crippen LogP contribution >= 0.6 is 15.9 Å². The fourth-order valence-electron chi connectivity index (χ4n) is 2.68. The van der Waals surface area contributed by atoms with Gasteiger partial charge in [0, 0.05) is 33.9 Å². The summed E-state index contributed by atoms with van der Waals surface area (Å²) in [6, 6.07) is 16.4. The molecule has 1 aromatic heterocycles. The van der Waals surface area contributed by atoms with Gasteiger partial charge in [-0.1, -0.05) is 35.0 Å². The van der Waals surface area contributed by atoms with Crippen LogP contribution in [-0.4, -0.2) is 16.8 Å². The molecule has 1 heterocycles. The van der Waals surface area contributed by atoms with Gasteiger partial charge in [0.2, 0.25) is 5.91 Å². The Morgan fingerprint density at radius 1 is 1.04 bits per heavy atom. The Hall–Kier alpha value is -2.99. The van der Waals surface area contributed by atoms with E-state index in [1.54, 1.807) is 31.3 Å². The van der Waals surface area contributed by atoms with Crippen molar-refractivity contribution in [3.8, 4) is 11.3 Å². The third-order valence-corrected chi connectivity index (χ3v) is 5.13. The van der Waals surface area contributed by atoms with Gasteiger partial charge in [0.05, 0.1) is 11.4 Å². The first-order chi connectivity index (χ1) is 13.5. The number of rotatable bonds is 5. The van der Waals surface area contributed by atoms with Crippen molar-refractivity contribution in [1.82, 2.24) is 4.98 Å². The summed E-state index contributed by atoms with van der Waals surface area (Å²) in [7, 11) is 0. The maximum Gasteiger partial charge on any atom is 0.255 e. The molecule has 0 aliphatic rings. The molecular formula is C22H20BrN3O2. The molecule has 2 amide bonds. The highest BCUT2D eigenvalue weighted by Crippen LogP contribution is 2.26. The maximum atomic E-state index is 12.5. The number of benzene rings is 2. The van der Waals surface area contributed by atoms with Gasteiger partial charge in [-0.15, -0.1) is 0 Å². The standard InChI is InChI=1S/C22H20BrN3O2/c1-3-20(27)26-19-5-4-12-24-21(19)15-6-8-16(9-7-15)22(28)25-17-10-11-18(23)14(2)13-17/h4-13H,3H2,1-2H3,(H,25,28)(H,26,27). The Morgan fingerprint density at radius 2 is 1.79 bits per heavy atom. The summed E-state index contributed by atoms with van der Waals surface area (Å²) < 4.78 is 0.996. The lowest BCUT2D eigenvalue weighted by Crippen LogP contribution is -2.12. The van der Waals surface area contributed by atoms with Crippen LogP contribution in [0.25, 0.3) is 11.3 Å². The van der Waals surface area contributed by atoms with Gasteiger partial charge in [0.15, 0.2) is 0 Å². The molecule has 0 atom stereocenters. The van der Waals surface area contributed by atoms with Crippen molar-refractivity contribution < 1.29 is 9.59 Å². The maximum absolute atomic E-state index is 12.5. The number of hydrogen-bond donors (Lipinski definition) is 2. The van der Waals surface area contributed by atoms with Gasteiger partial charge in [0.1, 0.15) is 0 Å². The second kappa shape index (κ2) is 8.80. The third-order valence-electron chi connectivity index (χ3n) is 4.24. The zero-order valence-electron chi connectivity index (χ0n) is 15.6. The summed E-state index contributed by atoms with van der Waals surface area (Å²) in [6.07, 6.45) is 2.07. The largest absolute Gasteiger partial charge is 0.324 e. The summed E-state index contributed by atoms with van der Waals surface area (Å²) in [5, 5.41) is 5.75. The quantitative estimate of drug-likeness (QED) is 0.559. The Morgan fingerprint density at radius 3 is 2.46 bits per heavy atom. The lowest BCUT2D eigenvalue weighted by molar-refractivity contribution is -0.115. The molecule has 5 nitrogen and oxygen atoms in total. The molecule has 28 heavy (non-hydrogen) atoms. The minimum Gasteiger partial charge on any atom is -0.324 e. The Bertz CT molecular complexity index is 1020. The normalized spacial score (nSPS) is 10.4. The number of nitrogens with zero attached hydrogens (tertiary/aromatic N) is 1. The van der Waals surface area contributed by atoms with Gasteiger partial charge in [0.25, 0.3) is 5.91 Å². The van der Waals surface area contributed by atoms with E-state index in [4.69, 9.17) is 0 Å². The van der Waals surface area contributed by atoms with E-state index in [1.807, 2.05) is 43.3 Å². The van der Waals surface area contributed by atoms with Gasteiger partial charge in [-0.2, -0.15) is 0 Å². The molecule has 0 saturated carbocycles. The Balaban J connectivity index is 1.79. The lowest BCUT2D eigenvalue weighted by Gasteiger charge is -2.11. The number of halogens is 1. The first-order valence-corrected chi connectivity index (χ1v) is 9.70. The van der Waals surface area contributed by atoms with E-state index in [1.165, 1.54) is 0 Å². The number of nitrogens with one attached hydrogen (secondary N) is 2. The first-order valence-electron chi connectivity index (χ1n) is 8.90. The molecule has 0 unspecified atom stereocenters. The smallest absolute Gasteiger partial charge is 0.255 e. The molecule has 3 aromatic rings. The highest BCUT2D eigenvalue weighted by atomic mass is 79.9. The summed E-state index contributed by atoms with van der Waals surface area (Å²) in [5.74, 6) is -0.260. The fraction of sp³-hybridized carbons (Fsp3) is 0.136. The minimum atomic E-state index is -0.186. The second-order valence-electron chi connectivity index (χ2n) is 6.30. The molecule has 2 aromatic carbocycles. The molecule has 0 aliphatic heterocycles. The average molecular weight is 438 g/mol. The lowest BCUT2D eigenvalue weighted by atomic mass is 10.1. The second-order valence-corrected chi connectivity index (χ2v) is 7.15. The van der Waals surface area contributed by atoms with Crippen molar-refractivity contribution in [2.75, 3.05) is 10.6 Å². The molecule has 3 rings (SSSR count). The fourth-order valence-corrected chi connectivity index (χ4v) is 2.93. The summed E-state index contributed by atoms with van der Waals surface area (Å²) in [4.78, 5) is 28.6. The molecule has 142 valence electrons. The topological polar surface area (TPSA) is 71.1 Å². The van der Waals surface area contributed by atoms with Gasteiger partial charge >= 0.3 is 0 Å². The van der Waals surface area contributed by atoms with Crippen LogP contribution in [0.1, 0.15) is 29.3 Å². The van der Waals surface area contributed by atoms with Crippen molar-refractivity contribution in [1.29, 1.82) is 0 Å². The summed E-state index contributed by atoms with van der Waals surface area (Å²) in [5.41, 5.74) is 4.47. The first kappa shape index (κ1) is 19.8. The zero-order chi connectivity index (χ0) is 20.1. The highest BCUT2D eigenvalue weighted by Gasteiger charge is 2.11. The van der Waals surface area contributed by atoms with E-state index in [-0.39, 0.29) is 11.8 Å². The molecule has 0 fully saturated rings. The molecule has 0 aliphatic carbocycles. The number of amides is 2. The molecule has 0 spiro atoms. The predicted molar refractivity (Wildman–Crippen MR) is 115 cm³/mol. The van der Waals surface area contributed by atoms with E-state index in [2.05, 4.69) is 31.5 Å². The number of pyridine rings is 1. The van der Waals surface area contributed by atoms with E-state index >= 15 is 0 Å². The Labute approximate surface area is 172 Å². The van der Waals surface area contributed by atoms with E-state index < -0.39 is 0 Å². The van der Waals surface area contributed by atoms with Crippen LogP contribution in [0.3, 0.4) is 0 Å². The summed E-state index contributed by atoms with van der Waals surface area (Å²) in [6.45, 7) is 3.77. The van der Waals surface area contributed by atoms with Crippen LogP contribution in [0.4, 0.5) is 11.4 Å². The number of hydrogen-bond acceptors (Lipinski definition) is 3. The van der Waals surface area contributed by atoms with E-state index in [0.29, 0.717) is 23.4 Å². The molecule has 2 N–H and O–H groups in total. The van der Waals surface area contributed by atoms with Crippen molar-refractivity contribution in [3.05, 3.63) is 76.4 Å². The van der Waals surface area contributed by atoms with Crippen molar-refractivity contribution in [3.63, 3.8) is 0 Å². The van der Waals surface area contributed by atoms with Crippen LogP contribution in [0.5, 0.6) is 0 Å². The van der Waals surface area contributed by atoms with Crippen LogP contribution < -0.4 is 10.6 Å².